The molecular weight excluding hydrogens is 534 g/mol. The van der Waals surface area contributed by atoms with E-state index < -0.39 is 16.4 Å². The van der Waals surface area contributed by atoms with Crippen molar-refractivity contribution in [3.8, 4) is 0 Å². The van der Waals surface area contributed by atoms with E-state index in [1.807, 2.05) is 48.5 Å². The number of rotatable bonds is 5. The molecule has 4 atom stereocenters. The van der Waals surface area contributed by atoms with Crippen LogP contribution in [0.1, 0.15) is 52.7 Å². The number of carbonyl (C=O) groups excluding carboxylic acids is 2. The van der Waals surface area contributed by atoms with E-state index >= 15 is 0 Å². The van der Waals surface area contributed by atoms with E-state index in [4.69, 9.17) is 0 Å². The van der Waals surface area contributed by atoms with Crippen molar-refractivity contribution in [2.45, 2.75) is 43.7 Å². The first-order chi connectivity index (χ1) is 17.9. The number of amides is 1. The lowest BCUT2D eigenvalue weighted by atomic mass is 9.68. The first kappa shape index (κ1) is 24.0. The average Bonchev–Trinajstić information content (AvgIpc) is 3.57. The smallest absolute Gasteiger partial charge is 0.269 e. The van der Waals surface area contributed by atoms with Gasteiger partial charge in [-0.05, 0) is 55.1 Å². The number of hydrogen-bond acceptors (Lipinski definition) is 5. The third kappa shape index (κ3) is 3.49. The number of carbonyl (C=O) groups is 2. The van der Waals surface area contributed by atoms with Crippen molar-refractivity contribution in [2.75, 3.05) is 11.9 Å². The molecule has 1 spiro atoms. The highest BCUT2D eigenvalue weighted by atomic mass is 79.9. The molecule has 3 aliphatic rings. The lowest BCUT2D eigenvalue weighted by molar-refractivity contribution is -0.384. The Hall–Kier alpha value is -3.36. The summed E-state index contributed by atoms with van der Waals surface area (Å²) in [4.78, 5) is 42.1. The third-order valence-corrected chi connectivity index (χ3v) is 8.85. The number of benzene rings is 3. The molecule has 0 saturated carbocycles. The van der Waals surface area contributed by atoms with E-state index in [0.29, 0.717) is 17.8 Å². The van der Waals surface area contributed by atoms with Crippen LogP contribution in [0.15, 0.2) is 71.2 Å². The Bertz CT molecular complexity index is 1440. The summed E-state index contributed by atoms with van der Waals surface area (Å²) in [5, 5.41) is 14.7. The van der Waals surface area contributed by atoms with Crippen LogP contribution in [0.25, 0.3) is 0 Å². The van der Waals surface area contributed by atoms with Gasteiger partial charge < -0.3 is 5.32 Å². The number of ketones is 1. The molecule has 1 amide bonds. The van der Waals surface area contributed by atoms with Gasteiger partial charge in [-0.1, -0.05) is 59.3 Å². The summed E-state index contributed by atoms with van der Waals surface area (Å²) in [6, 6.07) is 19.8. The van der Waals surface area contributed by atoms with Gasteiger partial charge >= 0.3 is 0 Å². The van der Waals surface area contributed by atoms with E-state index in [9.17, 15) is 19.7 Å². The van der Waals surface area contributed by atoms with Crippen LogP contribution in [0, 0.1) is 16.0 Å². The van der Waals surface area contributed by atoms with Crippen LogP contribution in [0.3, 0.4) is 0 Å². The van der Waals surface area contributed by atoms with Crippen molar-refractivity contribution in [3.05, 3.63) is 104 Å². The molecule has 7 nitrogen and oxygen atoms in total. The summed E-state index contributed by atoms with van der Waals surface area (Å²) in [6.45, 7) is 2.74. The van der Waals surface area contributed by atoms with Gasteiger partial charge in [0, 0.05) is 45.4 Å². The fourth-order valence-electron chi connectivity index (χ4n) is 6.84. The molecule has 3 unspecified atom stereocenters. The Balaban J connectivity index is 1.60. The Morgan fingerprint density at radius 3 is 2.68 bits per heavy atom. The molecule has 3 aromatic rings. The molecule has 3 heterocycles. The van der Waals surface area contributed by atoms with Crippen LogP contribution in [-0.2, 0) is 16.8 Å². The van der Waals surface area contributed by atoms with E-state index in [1.165, 1.54) is 6.07 Å². The zero-order valence-electron chi connectivity index (χ0n) is 20.3. The monoisotopic (exact) mass is 559 g/mol. The van der Waals surface area contributed by atoms with Crippen LogP contribution in [0.5, 0.6) is 0 Å². The number of anilines is 1. The van der Waals surface area contributed by atoms with Gasteiger partial charge in [0.05, 0.1) is 10.8 Å². The Labute approximate surface area is 223 Å². The second-order valence-electron chi connectivity index (χ2n) is 10.1. The SMILES string of the molecule is CCc1ccc(C(=O)C2C(c3cccc([N+](=O)[O-])c3)C3CCCN3[C@@]23C(=O)Nc2ccc(Br)cc23)cc1. The molecule has 1 N–H and O–H groups in total. The fraction of sp³-hybridized carbons (Fsp3) is 0.310. The number of nitrogens with one attached hydrogen (secondary N) is 1. The van der Waals surface area contributed by atoms with Crippen molar-refractivity contribution in [2.24, 2.45) is 5.92 Å². The van der Waals surface area contributed by atoms with Crippen LogP contribution in [-0.4, -0.2) is 34.1 Å². The van der Waals surface area contributed by atoms with Gasteiger partial charge in [0.15, 0.2) is 5.78 Å². The minimum absolute atomic E-state index is 0.0134. The maximum Gasteiger partial charge on any atom is 0.269 e. The van der Waals surface area contributed by atoms with Gasteiger partial charge in [-0.3, -0.25) is 24.6 Å². The molecule has 6 rings (SSSR count). The van der Waals surface area contributed by atoms with Crippen molar-refractivity contribution >= 4 is 39.0 Å². The second-order valence-corrected chi connectivity index (χ2v) is 11.0. The first-order valence-electron chi connectivity index (χ1n) is 12.6. The minimum Gasteiger partial charge on any atom is -0.324 e. The standard InChI is InChI=1S/C29H26BrN3O4/c1-2-17-8-10-18(11-9-17)27(34)26-25(19-5-3-6-21(15-19)33(36)37)24-7-4-14-32(24)29(26)22-16-20(30)12-13-23(22)31-28(29)35/h3,5-6,8-13,15-16,24-26H,2,4,7,14H2,1H3,(H,31,35)/t24?,25?,26?,29-/m1/s1. The molecule has 0 aliphatic carbocycles. The molecule has 188 valence electrons. The summed E-state index contributed by atoms with van der Waals surface area (Å²) >= 11 is 3.57. The van der Waals surface area contributed by atoms with E-state index in [-0.39, 0.29) is 29.3 Å². The summed E-state index contributed by atoms with van der Waals surface area (Å²) in [5.74, 6) is -1.44. The van der Waals surface area contributed by atoms with Gasteiger partial charge in [0.2, 0.25) is 5.91 Å². The number of Topliss-reactive ketones (excluding diaryl/α,β-unsaturated/α-hetero) is 1. The van der Waals surface area contributed by atoms with Crippen LogP contribution in [0.2, 0.25) is 0 Å². The maximum atomic E-state index is 14.5. The van der Waals surface area contributed by atoms with E-state index in [1.54, 1.807) is 12.1 Å². The Morgan fingerprint density at radius 1 is 1.16 bits per heavy atom. The molecule has 0 bridgehead atoms. The number of nitrogens with zero attached hydrogens (tertiary/aromatic N) is 2. The number of halogens is 1. The van der Waals surface area contributed by atoms with E-state index in [0.717, 1.165) is 40.4 Å². The number of fused-ring (bicyclic) bond motifs is 4. The zero-order chi connectivity index (χ0) is 25.9. The highest BCUT2D eigenvalue weighted by Crippen LogP contribution is 2.61. The minimum atomic E-state index is -1.20. The quantitative estimate of drug-likeness (QED) is 0.241. The summed E-state index contributed by atoms with van der Waals surface area (Å²) in [6.07, 6.45) is 2.56. The predicted molar refractivity (Wildman–Crippen MR) is 144 cm³/mol. The van der Waals surface area contributed by atoms with Crippen LogP contribution in [0.4, 0.5) is 11.4 Å². The largest absolute Gasteiger partial charge is 0.324 e. The zero-order valence-corrected chi connectivity index (χ0v) is 21.9. The Morgan fingerprint density at radius 2 is 1.95 bits per heavy atom. The third-order valence-electron chi connectivity index (χ3n) is 8.36. The van der Waals surface area contributed by atoms with Crippen LogP contribution >= 0.6 is 15.9 Å². The Kier molecular flexibility index (Phi) is 5.76. The molecule has 3 aromatic carbocycles. The summed E-state index contributed by atoms with van der Waals surface area (Å²) < 4.78 is 0.829. The maximum absolute atomic E-state index is 14.5. The van der Waals surface area contributed by atoms with Crippen molar-refractivity contribution < 1.29 is 14.5 Å². The molecule has 0 radical (unpaired) electrons. The number of nitro groups is 1. The second kappa shape index (κ2) is 8.89. The lowest BCUT2D eigenvalue weighted by Crippen LogP contribution is -2.52. The van der Waals surface area contributed by atoms with Gasteiger partial charge in [0.1, 0.15) is 5.54 Å². The fourth-order valence-corrected chi connectivity index (χ4v) is 7.20. The molecule has 2 saturated heterocycles. The highest BCUT2D eigenvalue weighted by Gasteiger charge is 2.69. The molecule has 8 heteroatoms. The van der Waals surface area contributed by atoms with Crippen molar-refractivity contribution in [1.29, 1.82) is 0 Å². The van der Waals surface area contributed by atoms with Crippen molar-refractivity contribution in [3.63, 3.8) is 0 Å². The van der Waals surface area contributed by atoms with Crippen molar-refractivity contribution in [1.82, 2.24) is 4.90 Å². The molecule has 37 heavy (non-hydrogen) atoms. The summed E-state index contributed by atoms with van der Waals surface area (Å²) in [5.41, 5.74) is 2.68. The average molecular weight is 560 g/mol. The van der Waals surface area contributed by atoms with Gasteiger partial charge in [-0.2, -0.15) is 0 Å². The number of non-ortho nitro benzene ring substituents is 1. The number of nitro benzene ring substituents is 1. The number of aryl methyl sites for hydroxylation is 1. The highest BCUT2D eigenvalue weighted by molar-refractivity contribution is 9.10. The molecular formula is C29H26BrN3O4. The van der Waals surface area contributed by atoms with E-state index in [2.05, 4.69) is 33.1 Å². The van der Waals surface area contributed by atoms with Gasteiger partial charge in [0.25, 0.3) is 5.69 Å². The normalized spacial score (nSPS) is 26.2. The predicted octanol–water partition coefficient (Wildman–Crippen LogP) is 5.83. The number of hydrogen-bond donors (Lipinski definition) is 1. The topological polar surface area (TPSA) is 92.5 Å². The van der Waals surface area contributed by atoms with Crippen LogP contribution < -0.4 is 5.32 Å². The molecule has 0 aromatic heterocycles. The van der Waals surface area contributed by atoms with Gasteiger partial charge in [-0.25, -0.2) is 0 Å². The lowest BCUT2D eigenvalue weighted by Gasteiger charge is -2.37. The summed E-state index contributed by atoms with van der Waals surface area (Å²) in [7, 11) is 0. The first-order valence-corrected chi connectivity index (χ1v) is 13.4. The molecule has 3 aliphatic heterocycles. The van der Waals surface area contributed by atoms with Gasteiger partial charge in [-0.15, -0.1) is 0 Å². The molecule has 2 fully saturated rings.